The molecule has 3 N–H and O–H groups in total. The maximum Gasteiger partial charge on any atom is 0.261 e. The summed E-state index contributed by atoms with van der Waals surface area (Å²) in [5, 5.41) is 10.7. The molecule has 3 aromatic rings. The average molecular weight is 528 g/mol. The maximum absolute atomic E-state index is 12.6. The maximum atomic E-state index is 12.6. The Kier molecular flexibility index (Phi) is 9.65. The molecule has 1 saturated heterocycles. The van der Waals surface area contributed by atoms with Gasteiger partial charge in [0, 0.05) is 11.1 Å². The van der Waals surface area contributed by atoms with Gasteiger partial charge in [-0.1, -0.05) is 72.8 Å². The molecular weight excluding hydrogens is 497 g/mol. The smallest absolute Gasteiger partial charge is 0.261 e. The minimum atomic E-state index is -0.738. The van der Waals surface area contributed by atoms with Crippen LogP contribution in [0.3, 0.4) is 0 Å². The largest absolute Gasteiger partial charge is 1.00 e. The molecule has 0 aliphatic carbocycles. The summed E-state index contributed by atoms with van der Waals surface area (Å²) in [6.07, 6.45) is -0.738. The third kappa shape index (κ3) is 5.80. The van der Waals surface area contributed by atoms with Crippen LogP contribution in [0.25, 0.3) is 0 Å². The number of imide groups is 1. The normalized spacial score (nSPS) is 19.9. The van der Waals surface area contributed by atoms with Crippen molar-refractivity contribution in [3.63, 3.8) is 0 Å². The summed E-state index contributed by atoms with van der Waals surface area (Å²) < 4.78 is 0. The van der Waals surface area contributed by atoms with Crippen molar-refractivity contribution in [2.45, 2.75) is 12.1 Å². The lowest BCUT2D eigenvalue weighted by molar-refractivity contribution is -1.02. The van der Waals surface area contributed by atoms with E-state index in [9.17, 15) is 14.7 Å². The van der Waals surface area contributed by atoms with Gasteiger partial charge in [-0.3, -0.25) is 14.5 Å². The van der Waals surface area contributed by atoms with Crippen LogP contribution in [0.5, 0.6) is 0 Å². The van der Waals surface area contributed by atoms with Crippen LogP contribution in [0.2, 0.25) is 0 Å². The first-order chi connectivity index (χ1) is 16.6. The highest BCUT2D eigenvalue weighted by molar-refractivity contribution is 6.21. The highest BCUT2D eigenvalue weighted by Gasteiger charge is 2.37. The Bertz CT molecular complexity index is 1080. The first-order valence-corrected chi connectivity index (χ1v) is 12.0. The number of benzene rings is 3. The predicted octanol–water partition coefficient (Wildman–Crippen LogP) is -5.78. The molecule has 0 radical (unpaired) electrons. The van der Waals surface area contributed by atoms with Gasteiger partial charge in [0.25, 0.3) is 11.8 Å². The highest BCUT2D eigenvalue weighted by Crippen LogP contribution is 2.22. The molecule has 2 aliphatic heterocycles. The zero-order chi connectivity index (χ0) is 23.5. The SMILES string of the molecule is O=C1c2ccccc2C(=O)N1CC(O)C[NH+]1CC[NH+](C(c2ccccc2)c2ccccc2)CC1.[Cl-].[Cl-]. The number of quaternary nitrogens is 2. The van der Waals surface area contributed by atoms with Gasteiger partial charge in [0.05, 0.1) is 17.7 Å². The van der Waals surface area contributed by atoms with Crippen LogP contribution >= 0.6 is 0 Å². The number of carbonyl (C=O) groups excluding carboxylic acids is 2. The Labute approximate surface area is 224 Å². The first kappa shape index (κ1) is 27.8. The standard InChI is InChI=1S/C28H29N3O3.2ClH/c32-23(20-31-27(33)24-13-7-8-14-25(24)28(31)34)19-29-15-17-30(18-16-29)26(21-9-3-1-4-10-21)22-11-5-2-6-12-22;;/h1-14,23,26,32H,15-20H2;2*1H. The molecule has 0 saturated carbocycles. The van der Waals surface area contributed by atoms with Crippen molar-refractivity contribution in [2.24, 2.45) is 0 Å². The van der Waals surface area contributed by atoms with E-state index in [1.807, 2.05) is 0 Å². The van der Waals surface area contributed by atoms with E-state index in [-0.39, 0.29) is 49.2 Å². The van der Waals surface area contributed by atoms with Gasteiger partial charge in [-0.05, 0) is 12.1 Å². The zero-order valence-corrected chi connectivity index (χ0v) is 21.5. The van der Waals surface area contributed by atoms with Crippen molar-refractivity contribution in [3.8, 4) is 0 Å². The number of fused-ring (bicyclic) bond motifs is 1. The summed E-state index contributed by atoms with van der Waals surface area (Å²) in [5.41, 5.74) is 3.49. The van der Waals surface area contributed by atoms with Crippen LogP contribution < -0.4 is 34.6 Å². The Morgan fingerprint density at radius 3 is 1.61 bits per heavy atom. The van der Waals surface area contributed by atoms with E-state index in [1.54, 1.807) is 24.3 Å². The summed E-state index contributed by atoms with van der Waals surface area (Å²) >= 11 is 0. The number of amides is 2. The Hall–Kier alpha value is -2.74. The molecule has 1 atom stereocenters. The number of hydrogen-bond acceptors (Lipinski definition) is 3. The van der Waals surface area contributed by atoms with Crippen molar-refractivity contribution >= 4 is 11.8 Å². The molecule has 2 heterocycles. The lowest BCUT2D eigenvalue weighted by atomic mass is 9.96. The quantitative estimate of drug-likeness (QED) is 0.268. The lowest BCUT2D eigenvalue weighted by Gasteiger charge is -2.35. The van der Waals surface area contributed by atoms with E-state index in [1.165, 1.54) is 25.8 Å². The van der Waals surface area contributed by atoms with E-state index in [4.69, 9.17) is 0 Å². The van der Waals surface area contributed by atoms with Gasteiger partial charge in [-0.15, -0.1) is 0 Å². The molecule has 8 heteroatoms. The van der Waals surface area contributed by atoms with E-state index < -0.39 is 6.10 Å². The van der Waals surface area contributed by atoms with Crippen LogP contribution in [-0.4, -0.2) is 67.2 Å². The number of halogens is 2. The van der Waals surface area contributed by atoms with Crippen LogP contribution in [-0.2, 0) is 0 Å². The molecule has 0 bridgehead atoms. The minimum Gasteiger partial charge on any atom is -1.00 e. The number of β-amino-alcohol motifs (C(OH)–C–C–N with tert-alkyl or cyclic N) is 1. The van der Waals surface area contributed by atoms with E-state index in [2.05, 4.69) is 60.7 Å². The Balaban J connectivity index is 0.00000180. The third-order valence-electron chi connectivity index (χ3n) is 7.07. The first-order valence-electron chi connectivity index (χ1n) is 12.0. The van der Waals surface area contributed by atoms with Crippen molar-refractivity contribution in [2.75, 3.05) is 39.3 Å². The summed E-state index contributed by atoms with van der Waals surface area (Å²) in [6, 6.07) is 28.5. The molecule has 36 heavy (non-hydrogen) atoms. The second kappa shape index (κ2) is 12.5. The van der Waals surface area contributed by atoms with Crippen LogP contribution in [0.1, 0.15) is 37.9 Å². The van der Waals surface area contributed by atoms with Gasteiger partial charge < -0.3 is 39.7 Å². The molecule has 190 valence electrons. The molecule has 2 amide bonds. The fraction of sp³-hybridized carbons (Fsp3) is 0.286. The number of aliphatic hydroxyl groups excluding tert-OH is 1. The van der Waals surface area contributed by atoms with Gasteiger partial charge in [0.2, 0.25) is 0 Å². The van der Waals surface area contributed by atoms with Crippen LogP contribution in [0, 0.1) is 0 Å². The van der Waals surface area contributed by atoms with Gasteiger partial charge in [0.1, 0.15) is 44.9 Å². The molecule has 0 spiro atoms. The van der Waals surface area contributed by atoms with E-state index in [0.29, 0.717) is 17.7 Å². The molecule has 1 unspecified atom stereocenters. The van der Waals surface area contributed by atoms with E-state index >= 15 is 0 Å². The summed E-state index contributed by atoms with van der Waals surface area (Å²) in [5.74, 6) is -0.616. The number of nitrogens with one attached hydrogen (secondary N) is 2. The van der Waals surface area contributed by atoms with Gasteiger partial charge in [0.15, 0.2) is 0 Å². The number of aliphatic hydroxyl groups is 1. The summed E-state index contributed by atoms with van der Waals surface area (Å²) in [6.45, 7) is 4.42. The topological polar surface area (TPSA) is 66.5 Å². The van der Waals surface area contributed by atoms with Gasteiger partial charge >= 0.3 is 0 Å². The minimum absolute atomic E-state index is 0. The van der Waals surface area contributed by atoms with Gasteiger partial charge in [-0.2, -0.15) is 0 Å². The lowest BCUT2D eigenvalue weighted by Crippen LogP contribution is -3.28. The van der Waals surface area contributed by atoms with Crippen molar-refractivity contribution in [1.29, 1.82) is 0 Å². The number of piperazine rings is 1. The number of carbonyl (C=O) groups is 2. The molecule has 0 aromatic heterocycles. The molecule has 5 rings (SSSR count). The molecule has 3 aromatic carbocycles. The molecular formula is C28H31Cl2N3O3. The Morgan fingerprint density at radius 1 is 0.694 bits per heavy atom. The van der Waals surface area contributed by atoms with Gasteiger partial charge in [-0.25, -0.2) is 0 Å². The van der Waals surface area contributed by atoms with E-state index in [0.717, 1.165) is 26.2 Å². The number of rotatable bonds is 7. The third-order valence-corrected chi connectivity index (χ3v) is 7.07. The fourth-order valence-electron chi connectivity index (χ4n) is 5.39. The molecule has 1 fully saturated rings. The van der Waals surface area contributed by atoms with Crippen molar-refractivity contribution in [1.82, 2.24) is 4.90 Å². The second-order valence-electron chi connectivity index (χ2n) is 9.29. The van der Waals surface area contributed by atoms with Crippen LogP contribution in [0.4, 0.5) is 0 Å². The molecule has 6 nitrogen and oxygen atoms in total. The number of hydrogen-bond donors (Lipinski definition) is 3. The average Bonchev–Trinajstić information content (AvgIpc) is 3.11. The summed E-state index contributed by atoms with van der Waals surface area (Å²) in [4.78, 5) is 29.2. The van der Waals surface area contributed by atoms with Crippen molar-refractivity contribution < 1.29 is 49.3 Å². The monoisotopic (exact) mass is 527 g/mol. The fourth-order valence-corrected chi connectivity index (χ4v) is 5.39. The molecule has 2 aliphatic rings. The predicted molar refractivity (Wildman–Crippen MR) is 129 cm³/mol. The highest BCUT2D eigenvalue weighted by atomic mass is 35.5. The van der Waals surface area contributed by atoms with Crippen LogP contribution in [0.15, 0.2) is 84.9 Å². The summed E-state index contributed by atoms with van der Waals surface area (Å²) in [7, 11) is 0. The zero-order valence-electron chi connectivity index (χ0n) is 19.9. The Morgan fingerprint density at radius 2 is 1.14 bits per heavy atom. The second-order valence-corrected chi connectivity index (χ2v) is 9.29. The van der Waals surface area contributed by atoms with Crippen molar-refractivity contribution in [3.05, 3.63) is 107 Å². The number of nitrogens with zero attached hydrogens (tertiary/aromatic N) is 1.